The number of fused-ring (bicyclic) bond motifs is 1. The molecule has 2 aromatic rings. The Bertz CT molecular complexity index is 913. The molecule has 33 heavy (non-hydrogen) atoms. The predicted molar refractivity (Wildman–Crippen MR) is 124 cm³/mol. The molecule has 0 amide bonds. The minimum absolute atomic E-state index is 0.423. The molecule has 0 bridgehead atoms. The molecule has 0 aliphatic carbocycles. The van der Waals surface area contributed by atoms with Crippen molar-refractivity contribution >= 4 is 16.9 Å². The Morgan fingerprint density at radius 2 is 2.00 bits per heavy atom. The van der Waals surface area contributed by atoms with Crippen LogP contribution in [0.3, 0.4) is 0 Å². The monoisotopic (exact) mass is 460 g/mol. The summed E-state index contributed by atoms with van der Waals surface area (Å²) < 4.78 is 22.9. The van der Waals surface area contributed by atoms with Crippen LogP contribution in [0, 0.1) is 17.3 Å². The van der Waals surface area contributed by atoms with Crippen LogP contribution in [-0.2, 0) is 9.53 Å². The summed E-state index contributed by atoms with van der Waals surface area (Å²) >= 11 is 0. The van der Waals surface area contributed by atoms with E-state index in [-0.39, 0.29) is 0 Å². The first-order valence-electron chi connectivity index (χ1n) is 12.1. The number of hydrogen-bond acceptors (Lipinski definition) is 7. The molecule has 1 aromatic carbocycles. The fourth-order valence-electron chi connectivity index (χ4n) is 4.69. The van der Waals surface area contributed by atoms with Crippen molar-refractivity contribution in [1.29, 1.82) is 0 Å². The predicted octanol–water partition coefficient (Wildman–Crippen LogP) is 4.22. The number of aliphatic carboxylic acids is 1. The molecule has 1 aromatic heterocycles. The molecule has 8 heteroatoms. The van der Waals surface area contributed by atoms with Crippen LogP contribution < -0.4 is 9.47 Å². The van der Waals surface area contributed by atoms with Crippen molar-refractivity contribution < 1.29 is 28.6 Å². The lowest BCUT2D eigenvalue weighted by atomic mass is 9.77. The fourth-order valence-corrected chi connectivity index (χ4v) is 4.69. The number of ether oxygens (including phenoxy) is 3. The first kappa shape index (κ1) is 23.8. The van der Waals surface area contributed by atoms with Gasteiger partial charge in [0.05, 0.1) is 18.6 Å². The Balaban J connectivity index is 1.27. The van der Waals surface area contributed by atoms with Gasteiger partial charge in [-0.15, -0.1) is 0 Å². The van der Waals surface area contributed by atoms with Crippen LogP contribution in [0.1, 0.15) is 46.0 Å². The molecule has 0 saturated carbocycles. The second-order valence-corrected chi connectivity index (χ2v) is 9.87. The summed E-state index contributed by atoms with van der Waals surface area (Å²) in [7, 11) is 0. The zero-order chi connectivity index (χ0) is 23.3. The number of carbonyl (C=O) groups is 1. The Morgan fingerprint density at radius 3 is 2.70 bits per heavy atom. The van der Waals surface area contributed by atoms with Gasteiger partial charge < -0.3 is 28.7 Å². The standard InChI is InChI=1S/C25H36N2O6/c1-18(2)16-31-20-4-3-5-21-22(20)23(26-33-21)32-17-19-6-11-27(12-7-19)13-8-25(24(28)29)9-14-30-15-10-25/h3-5,18-19H,6-17H2,1-2H3,(H,28,29). The molecule has 0 spiro atoms. The van der Waals surface area contributed by atoms with Gasteiger partial charge in [0.25, 0.3) is 5.88 Å². The normalized spacial score (nSPS) is 19.7. The van der Waals surface area contributed by atoms with Crippen LogP contribution in [0.2, 0.25) is 0 Å². The van der Waals surface area contributed by atoms with Gasteiger partial charge in [0.15, 0.2) is 5.58 Å². The largest absolute Gasteiger partial charge is 0.492 e. The van der Waals surface area contributed by atoms with E-state index in [1.165, 1.54) is 0 Å². The van der Waals surface area contributed by atoms with Gasteiger partial charge >= 0.3 is 5.97 Å². The molecule has 2 aliphatic rings. The molecule has 0 unspecified atom stereocenters. The van der Waals surface area contributed by atoms with Crippen LogP contribution in [0.25, 0.3) is 11.0 Å². The molecule has 2 saturated heterocycles. The summed E-state index contributed by atoms with van der Waals surface area (Å²) in [6, 6.07) is 5.70. The maximum absolute atomic E-state index is 11.9. The van der Waals surface area contributed by atoms with E-state index < -0.39 is 11.4 Å². The van der Waals surface area contributed by atoms with Gasteiger partial charge in [-0.25, -0.2) is 0 Å². The van der Waals surface area contributed by atoms with E-state index in [4.69, 9.17) is 18.7 Å². The molecule has 0 radical (unpaired) electrons. The topological polar surface area (TPSA) is 94.3 Å². The number of hydrogen-bond donors (Lipinski definition) is 1. The smallest absolute Gasteiger partial charge is 0.309 e. The first-order chi connectivity index (χ1) is 16.0. The van der Waals surface area contributed by atoms with Crippen molar-refractivity contribution in [2.75, 3.05) is 46.1 Å². The molecule has 1 N–H and O–H groups in total. The lowest BCUT2D eigenvalue weighted by molar-refractivity contribution is -0.156. The number of piperidine rings is 1. The summed E-state index contributed by atoms with van der Waals surface area (Å²) in [6.07, 6.45) is 3.96. The first-order valence-corrected chi connectivity index (χ1v) is 12.1. The van der Waals surface area contributed by atoms with Gasteiger partial charge in [-0.3, -0.25) is 4.79 Å². The van der Waals surface area contributed by atoms with Gasteiger partial charge in [-0.2, -0.15) is 0 Å². The summed E-state index contributed by atoms with van der Waals surface area (Å²) in [5.74, 6) is 1.42. The minimum Gasteiger partial charge on any atom is -0.492 e. The van der Waals surface area contributed by atoms with E-state index in [1.807, 2.05) is 18.2 Å². The summed E-state index contributed by atoms with van der Waals surface area (Å²) in [5.41, 5.74) is 0.0447. The van der Waals surface area contributed by atoms with Crippen molar-refractivity contribution in [3.05, 3.63) is 18.2 Å². The van der Waals surface area contributed by atoms with E-state index >= 15 is 0 Å². The Hall–Kier alpha value is -2.32. The van der Waals surface area contributed by atoms with Gasteiger partial charge in [0.2, 0.25) is 0 Å². The second kappa shape index (κ2) is 10.7. The van der Waals surface area contributed by atoms with E-state index in [2.05, 4.69) is 23.9 Å². The molecule has 182 valence electrons. The van der Waals surface area contributed by atoms with Crippen LogP contribution >= 0.6 is 0 Å². The van der Waals surface area contributed by atoms with Gasteiger partial charge in [0, 0.05) is 13.2 Å². The summed E-state index contributed by atoms with van der Waals surface area (Å²) in [6.45, 7) is 9.28. The maximum atomic E-state index is 11.9. The molecule has 3 heterocycles. The highest BCUT2D eigenvalue weighted by molar-refractivity contribution is 5.88. The van der Waals surface area contributed by atoms with Crippen molar-refractivity contribution in [3.8, 4) is 11.6 Å². The van der Waals surface area contributed by atoms with Crippen molar-refractivity contribution in [3.63, 3.8) is 0 Å². The number of benzene rings is 1. The number of carboxylic acids is 1. The molecule has 8 nitrogen and oxygen atoms in total. The minimum atomic E-state index is -0.675. The lowest BCUT2D eigenvalue weighted by Gasteiger charge is -2.37. The van der Waals surface area contributed by atoms with Crippen LogP contribution in [-0.4, -0.2) is 67.2 Å². The Kier molecular flexibility index (Phi) is 7.75. The summed E-state index contributed by atoms with van der Waals surface area (Å²) in [5, 5.41) is 14.7. The number of carboxylic acid groups (broad SMARTS) is 1. The SMILES string of the molecule is CC(C)COc1cccc2onc(OCC3CCN(CCC4(C(=O)O)CCOCC4)CC3)c12. The number of nitrogens with zero attached hydrogens (tertiary/aromatic N) is 2. The van der Waals surface area contributed by atoms with Crippen molar-refractivity contribution in [2.45, 2.75) is 46.0 Å². The van der Waals surface area contributed by atoms with Gasteiger partial charge in [-0.05, 0) is 80.9 Å². The van der Waals surface area contributed by atoms with E-state index in [9.17, 15) is 9.90 Å². The third-order valence-electron chi connectivity index (χ3n) is 6.97. The zero-order valence-electron chi connectivity index (χ0n) is 19.8. The molecular weight excluding hydrogens is 424 g/mol. The van der Waals surface area contributed by atoms with E-state index in [0.717, 1.165) is 43.6 Å². The number of aromatic nitrogens is 1. The van der Waals surface area contributed by atoms with E-state index in [0.29, 0.717) is 69.0 Å². The average molecular weight is 461 g/mol. The highest BCUT2D eigenvalue weighted by atomic mass is 16.5. The van der Waals surface area contributed by atoms with E-state index in [1.54, 1.807) is 0 Å². The quantitative estimate of drug-likeness (QED) is 0.563. The third kappa shape index (κ3) is 5.79. The number of rotatable bonds is 10. The van der Waals surface area contributed by atoms with Crippen molar-refractivity contribution in [2.24, 2.45) is 17.3 Å². The average Bonchev–Trinajstić information content (AvgIpc) is 3.25. The van der Waals surface area contributed by atoms with Crippen molar-refractivity contribution in [1.82, 2.24) is 10.1 Å². The van der Waals surface area contributed by atoms with Gasteiger partial charge in [0.1, 0.15) is 11.1 Å². The fraction of sp³-hybridized carbons (Fsp3) is 0.680. The zero-order valence-corrected chi connectivity index (χ0v) is 19.8. The highest BCUT2D eigenvalue weighted by Gasteiger charge is 2.40. The van der Waals surface area contributed by atoms with Crippen LogP contribution in [0.5, 0.6) is 11.6 Å². The van der Waals surface area contributed by atoms with Crippen LogP contribution in [0.15, 0.2) is 22.7 Å². The van der Waals surface area contributed by atoms with Crippen LogP contribution in [0.4, 0.5) is 0 Å². The maximum Gasteiger partial charge on any atom is 0.309 e. The molecule has 0 atom stereocenters. The lowest BCUT2D eigenvalue weighted by Crippen LogP contribution is -2.42. The molecule has 4 rings (SSSR count). The second-order valence-electron chi connectivity index (χ2n) is 9.87. The Labute approximate surface area is 195 Å². The molecule has 2 aliphatic heterocycles. The number of likely N-dealkylation sites (tertiary alicyclic amines) is 1. The third-order valence-corrected chi connectivity index (χ3v) is 6.97. The summed E-state index contributed by atoms with van der Waals surface area (Å²) in [4.78, 5) is 14.3. The molecular formula is C25H36N2O6. The van der Waals surface area contributed by atoms with Gasteiger partial charge in [-0.1, -0.05) is 19.9 Å². The Morgan fingerprint density at radius 1 is 1.24 bits per heavy atom. The highest BCUT2D eigenvalue weighted by Crippen LogP contribution is 2.36. The molecule has 2 fully saturated rings.